The van der Waals surface area contributed by atoms with Gasteiger partial charge in [-0.1, -0.05) is 30.3 Å². The maximum absolute atomic E-state index is 4.39. The van der Waals surface area contributed by atoms with E-state index < -0.39 is 0 Å². The third-order valence-electron chi connectivity index (χ3n) is 2.56. The second-order valence-electron chi connectivity index (χ2n) is 3.65. The normalized spacial score (nSPS) is 10.4. The molecule has 0 aliphatic rings. The molecule has 0 saturated carbocycles. The van der Waals surface area contributed by atoms with Crippen molar-refractivity contribution in [2.24, 2.45) is 0 Å². The molecule has 3 aromatic rings. The number of rotatable bonds is 2. The first-order valence-electron chi connectivity index (χ1n) is 5.41. The summed E-state index contributed by atoms with van der Waals surface area (Å²) in [6, 6.07) is 19.5. The van der Waals surface area contributed by atoms with E-state index in [0.717, 1.165) is 11.3 Å². The first-order chi connectivity index (χ1) is 8.45. The molecule has 2 heterocycles. The zero-order chi connectivity index (χ0) is 11.5. The summed E-state index contributed by atoms with van der Waals surface area (Å²) in [7, 11) is 0. The highest BCUT2D eigenvalue weighted by Crippen LogP contribution is 2.32. The van der Waals surface area contributed by atoms with Gasteiger partial charge in [-0.25, -0.2) is 0 Å². The fourth-order valence-corrected chi connectivity index (χ4v) is 2.55. The Bertz CT molecular complexity index is 600. The Morgan fingerprint density at radius 2 is 2.00 bits per heavy atom. The number of benzene rings is 1. The molecule has 1 aromatic carbocycles. The van der Waals surface area contributed by atoms with Crippen molar-refractivity contribution in [1.29, 1.82) is 0 Å². The number of hydrogen-bond donors (Lipinski definition) is 0. The van der Waals surface area contributed by atoms with E-state index in [9.17, 15) is 0 Å². The maximum atomic E-state index is 4.39. The minimum atomic E-state index is 0.969. The minimum absolute atomic E-state index is 0.969. The Labute approximate surface area is 104 Å². The van der Waals surface area contributed by atoms with Gasteiger partial charge in [-0.15, -0.1) is 11.3 Å². The van der Waals surface area contributed by atoms with Gasteiger partial charge in [0.2, 0.25) is 0 Å². The van der Waals surface area contributed by atoms with Crippen LogP contribution in [-0.4, -0.2) is 4.98 Å². The molecule has 17 heavy (non-hydrogen) atoms. The van der Waals surface area contributed by atoms with Crippen LogP contribution in [0.4, 0.5) is 0 Å². The van der Waals surface area contributed by atoms with Gasteiger partial charge in [-0.2, -0.15) is 0 Å². The molecule has 2 aromatic heterocycles. The molecule has 0 amide bonds. The van der Waals surface area contributed by atoms with Gasteiger partial charge in [0.15, 0.2) is 0 Å². The summed E-state index contributed by atoms with van der Waals surface area (Å²) in [4.78, 5) is 5.65. The zero-order valence-electron chi connectivity index (χ0n) is 9.13. The average molecular weight is 236 g/mol. The highest BCUT2D eigenvalue weighted by Gasteiger charge is 2.07. The van der Waals surface area contributed by atoms with Crippen LogP contribution in [0.2, 0.25) is 0 Å². The van der Waals surface area contributed by atoms with Gasteiger partial charge in [0.1, 0.15) is 0 Å². The first kappa shape index (κ1) is 10.2. The number of thiophene rings is 1. The fourth-order valence-electron chi connectivity index (χ4n) is 1.80. The minimum Gasteiger partial charge on any atom is -0.256 e. The number of hydrogen-bond acceptors (Lipinski definition) is 2. The quantitative estimate of drug-likeness (QED) is 0.647. The van der Waals surface area contributed by atoms with E-state index in [4.69, 9.17) is 0 Å². The second kappa shape index (κ2) is 4.52. The van der Waals surface area contributed by atoms with Crippen molar-refractivity contribution in [3.05, 3.63) is 66.2 Å². The number of nitrogens with zero attached hydrogens (tertiary/aromatic N) is 1. The largest absolute Gasteiger partial charge is 0.256 e. The van der Waals surface area contributed by atoms with Gasteiger partial charge in [-0.3, -0.25) is 4.98 Å². The summed E-state index contributed by atoms with van der Waals surface area (Å²) >= 11 is 1.74. The number of pyridine rings is 1. The predicted octanol–water partition coefficient (Wildman–Crippen LogP) is 4.28. The molecule has 0 aliphatic carbocycles. The lowest BCUT2D eigenvalue weighted by Crippen LogP contribution is -1.85. The van der Waals surface area contributed by atoms with Crippen molar-refractivity contribution in [2.75, 3.05) is 0 Å². The lowest BCUT2D eigenvalue weighted by molar-refractivity contribution is 1.33. The standard InChI is InChI=1S/C15H10NS/c1-2-7-13(15-9-5-11-17-15)12(6-1)14-8-3-4-10-16-14/h1-5,7-11H. The highest BCUT2D eigenvalue weighted by molar-refractivity contribution is 7.13. The highest BCUT2D eigenvalue weighted by atomic mass is 32.1. The average Bonchev–Trinajstić information content (AvgIpc) is 2.94. The van der Waals surface area contributed by atoms with Gasteiger partial charge in [-0.05, 0) is 29.6 Å². The zero-order valence-corrected chi connectivity index (χ0v) is 9.95. The maximum Gasteiger partial charge on any atom is 0.0714 e. The van der Waals surface area contributed by atoms with Gasteiger partial charge in [0, 0.05) is 22.2 Å². The second-order valence-corrected chi connectivity index (χ2v) is 4.60. The summed E-state index contributed by atoms with van der Waals surface area (Å²) in [5, 5.41) is 2.09. The smallest absolute Gasteiger partial charge is 0.0714 e. The molecular formula is C15H10NS. The lowest BCUT2D eigenvalue weighted by atomic mass is 10.0. The molecule has 3 rings (SSSR count). The van der Waals surface area contributed by atoms with E-state index in [-0.39, 0.29) is 0 Å². The van der Waals surface area contributed by atoms with E-state index >= 15 is 0 Å². The summed E-state index contributed by atoms with van der Waals surface area (Å²) in [5.41, 5.74) is 3.23. The third-order valence-corrected chi connectivity index (χ3v) is 3.47. The van der Waals surface area contributed by atoms with Crippen molar-refractivity contribution in [2.45, 2.75) is 0 Å². The van der Waals surface area contributed by atoms with Crippen molar-refractivity contribution >= 4 is 11.3 Å². The van der Waals surface area contributed by atoms with E-state index in [0.29, 0.717) is 0 Å². The van der Waals surface area contributed by atoms with Crippen LogP contribution in [0.3, 0.4) is 0 Å². The molecule has 1 radical (unpaired) electrons. The molecule has 81 valence electrons. The van der Waals surface area contributed by atoms with Crippen LogP contribution in [0.1, 0.15) is 0 Å². The number of aromatic nitrogens is 1. The van der Waals surface area contributed by atoms with Crippen molar-refractivity contribution in [1.82, 2.24) is 4.98 Å². The summed E-state index contributed by atoms with van der Waals surface area (Å²) < 4.78 is 0. The summed E-state index contributed by atoms with van der Waals surface area (Å²) in [6.45, 7) is 0. The Morgan fingerprint density at radius 1 is 1.00 bits per heavy atom. The molecular weight excluding hydrogens is 226 g/mol. The molecule has 2 heteroatoms. The predicted molar refractivity (Wildman–Crippen MR) is 71.8 cm³/mol. The molecule has 0 N–H and O–H groups in total. The van der Waals surface area contributed by atoms with Gasteiger partial charge in [0.25, 0.3) is 0 Å². The Balaban J connectivity index is 2.18. The van der Waals surface area contributed by atoms with Crippen LogP contribution < -0.4 is 0 Å². The lowest BCUT2D eigenvalue weighted by Gasteiger charge is -2.06. The molecule has 0 fully saturated rings. The van der Waals surface area contributed by atoms with Crippen LogP contribution in [0.5, 0.6) is 0 Å². The molecule has 0 spiro atoms. The molecule has 0 saturated heterocycles. The van der Waals surface area contributed by atoms with Crippen LogP contribution in [0, 0.1) is 6.07 Å². The van der Waals surface area contributed by atoms with E-state index in [1.165, 1.54) is 10.4 Å². The SMILES string of the molecule is [c]1cccc(-c2cccs2)c1-c1ccccn1. The van der Waals surface area contributed by atoms with Crippen molar-refractivity contribution in [3.63, 3.8) is 0 Å². The molecule has 0 bridgehead atoms. The van der Waals surface area contributed by atoms with Crippen LogP contribution >= 0.6 is 11.3 Å². The van der Waals surface area contributed by atoms with Gasteiger partial charge in [0.05, 0.1) is 5.69 Å². The third kappa shape index (κ3) is 1.99. The van der Waals surface area contributed by atoms with Crippen molar-refractivity contribution in [3.8, 4) is 21.7 Å². The van der Waals surface area contributed by atoms with Crippen LogP contribution in [-0.2, 0) is 0 Å². The Kier molecular flexibility index (Phi) is 2.72. The fraction of sp³-hybridized carbons (Fsp3) is 0. The molecule has 0 aliphatic heterocycles. The van der Waals surface area contributed by atoms with Crippen LogP contribution in [0.25, 0.3) is 21.7 Å². The molecule has 0 unspecified atom stereocenters. The Hall–Kier alpha value is -1.93. The van der Waals surface area contributed by atoms with Crippen LogP contribution in [0.15, 0.2) is 60.1 Å². The van der Waals surface area contributed by atoms with Crippen molar-refractivity contribution < 1.29 is 0 Å². The van der Waals surface area contributed by atoms with E-state index in [1.54, 1.807) is 11.3 Å². The first-order valence-corrected chi connectivity index (χ1v) is 6.29. The summed E-state index contributed by atoms with van der Waals surface area (Å²) in [6.07, 6.45) is 1.81. The van der Waals surface area contributed by atoms with E-state index in [2.05, 4.69) is 34.6 Å². The van der Waals surface area contributed by atoms with Gasteiger partial charge < -0.3 is 0 Å². The van der Waals surface area contributed by atoms with Gasteiger partial charge >= 0.3 is 0 Å². The monoisotopic (exact) mass is 236 g/mol. The molecule has 0 atom stereocenters. The topological polar surface area (TPSA) is 12.9 Å². The summed E-state index contributed by atoms with van der Waals surface area (Å²) in [5.74, 6) is 0. The molecule has 1 nitrogen and oxygen atoms in total. The Morgan fingerprint density at radius 3 is 2.76 bits per heavy atom. The van der Waals surface area contributed by atoms with E-state index in [1.807, 2.05) is 36.5 Å².